The Hall–Kier alpha value is 0.310. The van der Waals surface area contributed by atoms with Gasteiger partial charge in [0.15, 0.2) is 0 Å². The van der Waals surface area contributed by atoms with Gasteiger partial charge in [-0.15, -0.1) is 0 Å². The Labute approximate surface area is 106 Å². The van der Waals surface area contributed by atoms with Gasteiger partial charge in [0.2, 0.25) is 0 Å². The lowest BCUT2D eigenvalue weighted by molar-refractivity contribution is 0.393. The van der Waals surface area contributed by atoms with Gasteiger partial charge >= 0.3 is 0 Å². The Morgan fingerprint density at radius 3 is 2.88 bits per heavy atom. The molecule has 0 amide bonds. The van der Waals surface area contributed by atoms with Crippen molar-refractivity contribution in [1.29, 1.82) is 0 Å². The highest BCUT2D eigenvalue weighted by atomic mass is 32.2. The molecule has 0 aromatic heterocycles. The summed E-state index contributed by atoms with van der Waals surface area (Å²) in [5.41, 5.74) is 0. The van der Waals surface area contributed by atoms with E-state index in [0.717, 1.165) is 17.1 Å². The van der Waals surface area contributed by atoms with E-state index >= 15 is 0 Å². The molecule has 1 rings (SSSR count). The van der Waals surface area contributed by atoms with E-state index in [4.69, 9.17) is 0 Å². The Morgan fingerprint density at radius 1 is 1.38 bits per heavy atom. The van der Waals surface area contributed by atoms with Crippen molar-refractivity contribution in [2.45, 2.75) is 58.1 Å². The summed E-state index contributed by atoms with van der Waals surface area (Å²) in [6.07, 6.45) is 7.09. The fourth-order valence-electron chi connectivity index (χ4n) is 2.41. The molecule has 0 bridgehead atoms. The minimum atomic E-state index is 0.828. The lowest BCUT2D eigenvalue weighted by atomic mass is 9.91. The Kier molecular flexibility index (Phi) is 7.55. The summed E-state index contributed by atoms with van der Waals surface area (Å²) < 4.78 is 0. The van der Waals surface area contributed by atoms with Crippen LogP contribution >= 0.6 is 11.8 Å². The first kappa shape index (κ1) is 14.4. The van der Waals surface area contributed by atoms with Gasteiger partial charge in [-0.2, -0.15) is 11.8 Å². The highest BCUT2D eigenvalue weighted by molar-refractivity contribution is 7.99. The summed E-state index contributed by atoms with van der Waals surface area (Å²) in [6.45, 7) is 9.40. The van der Waals surface area contributed by atoms with E-state index in [1.807, 2.05) is 0 Å². The van der Waals surface area contributed by atoms with Crippen molar-refractivity contribution in [3.8, 4) is 0 Å². The highest BCUT2D eigenvalue weighted by Gasteiger charge is 2.19. The van der Waals surface area contributed by atoms with E-state index in [0.29, 0.717) is 0 Å². The zero-order valence-corrected chi connectivity index (χ0v) is 12.1. The second kappa shape index (κ2) is 8.41. The molecule has 3 unspecified atom stereocenters. The fraction of sp³-hybridized carbons (Fsp3) is 1.00. The van der Waals surface area contributed by atoms with Crippen molar-refractivity contribution >= 4 is 11.8 Å². The van der Waals surface area contributed by atoms with Gasteiger partial charge in [0.1, 0.15) is 0 Å². The number of thioether (sulfide) groups is 1. The number of hydrogen-bond donors (Lipinski definition) is 1. The molecule has 3 atom stereocenters. The summed E-state index contributed by atoms with van der Waals surface area (Å²) in [5, 5.41) is 4.47. The van der Waals surface area contributed by atoms with Gasteiger partial charge < -0.3 is 5.32 Å². The molecule has 1 aliphatic carbocycles. The third-order valence-corrected chi connectivity index (χ3v) is 5.09. The van der Waals surface area contributed by atoms with Crippen LogP contribution in [0, 0.1) is 11.8 Å². The van der Waals surface area contributed by atoms with Gasteiger partial charge in [0.05, 0.1) is 0 Å². The SMILES string of the molecule is CCCNCC(C)CSC1CCCC(C)C1. The summed E-state index contributed by atoms with van der Waals surface area (Å²) in [4.78, 5) is 0. The predicted molar refractivity (Wildman–Crippen MR) is 76.2 cm³/mol. The maximum absolute atomic E-state index is 3.52. The second-order valence-electron chi connectivity index (χ2n) is 5.54. The largest absolute Gasteiger partial charge is 0.316 e. The molecule has 0 aromatic rings. The monoisotopic (exact) mass is 243 g/mol. The van der Waals surface area contributed by atoms with Crippen molar-refractivity contribution < 1.29 is 0 Å². The molecule has 0 spiro atoms. The molecular formula is C14H29NS. The van der Waals surface area contributed by atoms with Gasteiger partial charge in [-0.1, -0.05) is 33.6 Å². The molecule has 0 aliphatic heterocycles. The molecule has 2 heteroatoms. The Balaban J connectivity index is 2.04. The topological polar surface area (TPSA) is 12.0 Å². The second-order valence-corrected chi connectivity index (χ2v) is 6.87. The molecular weight excluding hydrogens is 214 g/mol. The van der Waals surface area contributed by atoms with Gasteiger partial charge in [-0.3, -0.25) is 0 Å². The normalized spacial score (nSPS) is 27.9. The van der Waals surface area contributed by atoms with Crippen LogP contribution in [0.4, 0.5) is 0 Å². The van der Waals surface area contributed by atoms with E-state index in [2.05, 4.69) is 37.8 Å². The van der Waals surface area contributed by atoms with Crippen LogP contribution in [0.2, 0.25) is 0 Å². The van der Waals surface area contributed by atoms with Crippen molar-refractivity contribution in [2.75, 3.05) is 18.8 Å². The summed E-state index contributed by atoms with van der Waals surface area (Å²) >= 11 is 2.23. The van der Waals surface area contributed by atoms with Crippen molar-refractivity contribution in [1.82, 2.24) is 5.32 Å². The van der Waals surface area contributed by atoms with Gasteiger partial charge in [-0.25, -0.2) is 0 Å². The van der Waals surface area contributed by atoms with Gasteiger partial charge in [0, 0.05) is 5.25 Å². The van der Waals surface area contributed by atoms with Gasteiger partial charge in [0.25, 0.3) is 0 Å². The van der Waals surface area contributed by atoms with Crippen LogP contribution < -0.4 is 5.32 Å². The smallest absolute Gasteiger partial charge is 0.00497 e. The molecule has 1 fully saturated rings. The van der Waals surface area contributed by atoms with E-state index in [1.54, 1.807) is 0 Å². The third kappa shape index (κ3) is 6.15. The lowest BCUT2D eigenvalue weighted by Gasteiger charge is -2.27. The molecule has 0 saturated heterocycles. The van der Waals surface area contributed by atoms with Crippen LogP contribution in [0.25, 0.3) is 0 Å². The summed E-state index contributed by atoms with van der Waals surface area (Å²) in [6, 6.07) is 0. The zero-order chi connectivity index (χ0) is 11.8. The van der Waals surface area contributed by atoms with E-state index in [-0.39, 0.29) is 0 Å². The standard InChI is InChI=1S/C14H29NS/c1-4-8-15-10-13(3)11-16-14-7-5-6-12(2)9-14/h12-15H,4-11H2,1-3H3. The molecule has 1 saturated carbocycles. The molecule has 0 aromatic carbocycles. The van der Waals surface area contributed by atoms with Crippen LogP contribution in [0.15, 0.2) is 0 Å². The molecule has 1 nitrogen and oxygen atoms in total. The van der Waals surface area contributed by atoms with E-state index in [9.17, 15) is 0 Å². The predicted octanol–water partition coefficient (Wildman–Crippen LogP) is 3.93. The van der Waals surface area contributed by atoms with E-state index in [1.165, 1.54) is 50.9 Å². The maximum atomic E-state index is 3.52. The Bertz CT molecular complexity index is 172. The number of rotatable bonds is 7. The molecule has 1 aliphatic rings. The molecule has 0 heterocycles. The average molecular weight is 243 g/mol. The molecule has 96 valence electrons. The van der Waals surface area contributed by atoms with Crippen LogP contribution in [-0.4, -0.2) is 24.1 Å². The van der Waals surface area contributed by atoms with E-state index < -0.39 is 0 Å². The van der Waals surface area contributed by atoms with Crippen LogP contribution in [0.3, 0.4) is 0 Å². The van der Waals surface area contributed by atoms with Crippen molar-refractivity contribution in [2.24, 2.45) is 11.8 Å². The first-order valence-electron chi connectivity index (χ1n) is 7.04. The van der Waals surface area contributed by atoms with Crippen molar-refractivity contribution in [3.05, 3.63) is 0 Å². The number of nitrogens with one attached hydrogen (secondary N) is 1. The molecule has 0 radical (unpaired) electrons. The first-order valence-corrected chi connectivity index (χ1v) is 8.09. The Morgan fingerprint density at radius 2 is 2.19 bits per heavy atom. The first-order chi connectivity index (χ1) is 7.72. The molecule has 16 heavy (non-hydrogen) atoms. The zero-order valence-electron chi connectivity index (χ0n) is 11.3. The third-order valence-electron chi connectivity index (χ3n) is 3.42. The minimum Gasteiger partial charge on any atom is -0.316 e. The molecule has 1 N–H and O–H groups in total. The summed E-state index contributed by atoms with van der Waals surface area (Å²) in [5.74, 6) is 3.14. The quantitative estimate of drug-likeness (QED) is 0.680. The maximum Gasteiger partial charge on any atom is 0.00497 e. The fourth-order valence-corrected chi connectivity index (χ4v) is 3.93. The lowest BCUT2D eigenvalue weighted by Crippen LogP contribution is -2.24. The average Bonchev–Trinajstić information content (AvgIpc) is 2.27. The van der Waals surface area contributed by atoms with Crippen LogP contribution in [0.1, 0.15) is 52.9 Å². The van der Waals surface area contributed by atoms with Crippen LogP contribution in [0.5, 0.6) is 0 Å². The van der Waals surface area contributed by atoms with Crippen molar-refractivity contribution in [3.63, 3.8) is 0 Å². The minimum absolute atomic E-state index is 0.828. The highest BCUT2D eigenvalue weighted by Crippen LogP contribution is 2.32. The summed E-state index contributed by atoms with van der Waals surface area (Å²) in [7, 11) is 0. The van der Waals surface area contributed by atoms with Gasteiger partial charge in [-0.05, 0) is 49.9 Å². The number of hydrogen-bond acceptors (Lipinski definition) is 2. The van der Waals surface area contributed by atoms with Crippen LogP contribution in [-0.2, 0) is 0 Å².